The van der Waals surface area contributed by atoms with Crippen molar-refractivity contribution in [1.82, 2.24) is 14.4 Å². The van der Waals surface area contributed by atoms with Crippen LogP contribution >= 0.6 is 0 Å². The number of ether oxygens (including phenoxy) is 1. The number of carboxylic acid groups (broad SMARTS) is 1. The third-order valence-corrected chi connectivity index (χ3v) is 8.90. The van der Waals surface area contributed by atoms with Crippen LogP contribution in [0.3, 0.4) is 0 Å². The molecule has 3 atom stereocenters. The van der Waals surface area contributed by atoms with Gasteiger partial charge in [0.15, 0.2) is 0 Å². The average molecular weight is 568 g/mol. The summed E-state index contributed by atoms with van der Waals surface area (Å²) in [5.74, 6) is -0.487. The lowest BCUT2D eigenvalue weighted by Crippen LogP contribution is -2.45. The van der Waals surface area contributed by atoms with Crippen LogP contribution in [0.5, 0.6) is 5.75 Å². The van der Waals surface area contributed by atoms with E-state index in [1.165, 1.54) is 5.69 Å². The molecule has 1 amide bonds. The number of unbranched alkanes of at least 4 members (excludes halogenated alkanes) is 2. The molecule has 1 aromatic heterocycles. The van der Waals surface area contributed by atoms with Gasteiger partial charge in [0, 0.05) is 57.0 Å². The summed E-state index contributed by atoms with van der Waals surface area (Å²) in [6.45, 7) is 6.28. The van der Waals surface area contributed by atoms with E-state index in [2.05, 4.69) is 49.7 Å². The summed E-state index contributed by atoms with van der Waals surface area (Å²) in [5.41, 5.74) is 3.38. The molecule has 0 radical (unpaired) electrons. The maximum Gasteiger partial charge on any atom is 0.308 e. The second-order valence-corrected chi connectivity index (χ2v) is 13.0. The van der Waals surface area contributed by atoms with Crippen molar-refractivity contribution in [3.63, 3.8) is 0 Å². The molecule has 2 aliphatic heterocycles. The molecule has 1 N–H and O–H groups in total. The van der Waals surface area contributed by atoms with Crippen LogP contribution in [-0.2, 0) is 29.5 Å². The fourth-order valence-corrected chi connectivity index (χ4v) is 6.55. The second-order valence-electron chi connectivity index (χ2n) is 13.0. The highest BCUT2D eigenvalue weighted by Gasteiger charge is 2.47. The van der Waals surface area contributed by atoms with Crippen LogP contribution in [0.15, 0.2) is 36.5 Å². The van der Waals surface area contributed by atoms with E-state index in [0.29, 0.717) is 19.6 Å². The van der Waals surface area contributed by atoms with Crippen LogP contribution in [-0.4, -0.2) is 102 Å². The molecular formula is C33H51N4O4+. The van der Waals surface area contributed by atoms with Crippen molar-refractivity contribution < 1.29 is 23.9 Å². The Morgan fingerprint density at radius 2 is 1.90 bits per heavy atom. The van der Waals surface area contributed by atoms with Crippen molar-refractivity contribution in [2.24, 2.45) is 13.0 Å². The molecule has 8 heteroatoms. The van der Waals surface area contributed by atoms with E-state index >= 15 is 0 Å². The Labute approximate surface area is 246 Å². The highest BCUT2D eigenvalue weighted by molar-refractivity contribution is 5.79. The lowest BCUT2D eigenvalue weighted by molar-refractivity contribution is -0.870. The number of aliphatic carboxylic acids is 1. The van der Waals surface area contributed by atoms with Crippen LogP contribution < -0.4 is 4.74 Å². The lowest BCUT2D eigenvalue weighted by Gasteiger charge is -2.30. The van der Waals surface area contributed by atoms with E-state index in [4.69, 9.17) is 4.74 Å². The maximum atomic E-state index is 13.8. The van der Waals surface area contributed by atoms with Crippen molar-refractivity contribution in [2.75, 3.05) is 60.5 Å². The van der Waals surface area contributed by atoms with Gasteiger partial charge in [0.25, 0.3) is 0 Å². The number of likely N-dealkylation sites (tertiary alicyclic amines) is 1. The molecule has 41 heavy (non-hydrogen) atoms. The smallest absolute Gasteiger partial charge is 0.308 e. The maximum absolute atomic E-state index is 13.8. The normalized spacial score (nSPS) is 20.7. The highest BCUT2D eigenvalue weighted by atomic mass is 16.5. The Bertz CT molecular complexity index is 1170. The van der Waals surface area contributed by atoms with E-state index in [9.17, 15) is 14.7 Å². The Morgan fingerprint density at radius 1 is 1.12 bits per heavy atom. The van der Waals surface area contributed by atoms with Gasteiger partial charge in [-0.05, 0) is 61.4 Å². The third-order valence-electron chi connectivity index (χ3n) is 8.90. The minimum absolute atomic E-state index is 0.125. The highest BCUT2D eigenvalue weighted by Crippen LogP contribution is 2.41. The number of aromatic nitrogens is 1. The number of hydrogen-bond acceptors (Lipinski definition) is 4. The van der Waals surface area contributed by atoms with Crippen LogP contribution in [0.25, 0.3) is 0 Å². The minimum atomic E-state index is -0.776. The molecule has 1 saturated heterocycles. The number of carboxylic acids is 1. The lowest BCUT2D eigenvalue weighted by atomic mass is 9.83. The number of carbonyl (C=O) groups is 2. The molecule has 0 spiro atoms. The van der Waals surface area contributed by atoms with Gasteiger partial charge < -0.3 is 23.8 Å². The predicted molar refractivity (Wildman–Crippen MR) is 162 cm³/mol. The van der Waals surface area contributed by atoms with E-state index < -0.39 is 11.9 Å². The number of amides is 1. The van der Waals surface area contributed by atoms with Crippen LogP contribution in [0, 0.1) is 5.92 Å². The topological polar surface area (TPSA) is 75.0 Å². The number of hydrogen-bond donors (Lipinski definition) is 1. The zero-order chi connectivity index (χ0) is 29.6. The number of quaternary nitrogens is 1. The van der Waals surface area contributed by atoms with E-state index in [-0.39, 0.29) is 24.4 Å². The fourth-order valence-electron chi connectivity index (χ4n) is 6.55. The van der Waals surface area contributed by atoms with Gasteiger partial charge in [-0.25, -0.2) is 0 Å². The summed E-state index contributed by atoms with van der Waals surface area (Å²) in [5, 5.41) is 10.6. The summed E-state index contributed by atoms with van der Waals surface area (Å²) in [6, 6.07) is 10.1. The molecule has 4 rings (SSSR count). The van der Waals surface area contributed by atoms with Crippen molar-refractivity contribution in [3.05, 3.63) is 53.3 Å². The Kier molecular flexibility index (Phi) is 10.5. The van der Waals surface area contributed by atoms with Gasteiger partial charge in [-0.1, -0.05) is 25.5 Å². The van der Waals surface area contributed by atoms with E-state index in [0.717, 1.165) is 79.5 Å². The van der Waals surface area contributed by atoms with Crippen LogP contribution in [0.4, 0.5) is 0 Å². The summed E-state index contributed by atoms with van der Waals surface area (Å²) in [7, 11) is 8.63. The van der Waals surface area contributed by atoms with Crippen LogP contribution in [0.2, 0.25) is 0 Å². The quantitative estimate of drug-likeness (QED) is 0.258. The second kappa shape index (κ2) is 13.9. The summed E-state index contributed by atoms with van der Waals surface area (Å²) in [6.07, 6.45) is 8.44. The first-order valence-corrected chi connectivity index (χ1v) is 15.5. The zero-order valence-corrected chi connectivity index (χ0v) is 25.8. The SMILES string of the molecule is CCCCN(CCCC[N+](C)(C)C)C(=O)CN1C[C@H](c2ccc3c(c2)CCO3)[C@@H](C(=O)O)[C@@H]1CCc1cccn1C. The van der Waals surface area contributed by atoms with Crippen molar-refractivity contribution >= 4 is 11.9 Å². The Balaban J connectivity index is 1.54. The van der Waals surface area contributed by atoms with Gasteiger partial charge in [0.05, 0.1) is 46.8 Å². The number of nitrogens with zero attached hydrogens (tertiary/aromatic N) is 4. The first kappa shape index (κ1) is 31.1. The molecule has 0 aliphatic carbocycles. The summed E-state index contributed by atoms with van der Waals surface area (Å²) in [4.78, 5) is 30.9. The van der Waals surface area contributed by atoms with Gasteiger partial charge >= 0.3 is 5.97 Å². The predicted octanol–water partition coefficient (Wildman–Crippen LogP) is 4.18. The molecule has 1 fully saturated rings. The number of carbonyl (C=O) groups excluding carboxylic acids is 1. The molecule has 1 aromatic carbocycles. The van der Waals surface area contributed by atoms with Gasteiger partial charge in [-0.3, -0.25) is 14.5 Å². The molecule has 2 aromatic rings. The minimum Gasteiger partial charge on any atom is -0.493 e. The number of aryl methyl sites for hydroxylation is 2. The molecule has 0 saturated carbocycles. The monoisotopic (exact) mass is 567 g/mol. The van der Waals surface area contributed by atoms with Crippen LogP contribution in [0.1, 0.15) is 61.8 Å². The molecule has 3 heterocycles. The molecule has 0 bridgehead atoms. The first-order chi connectivity index (χ1) is 19.6. The van der Waals surface area contributed by atoms with E-state index in [1.54, 1.807) is 0 Å². The van der Waals surface area contributed by atoms with Crippen molar-refractivity contribution in [1.29, 1.82) is 0 Å². The number of benzene rings is 1. The van der Waals surface area contributed by atoms with Gasteiger partial charge in [-0.15, -0.1) is 0 Å². The zero-order valence-electron chi connectivity index (χ0n) is 25.8. The number of rotatable bonds is 15. The summed E-state index contributed by atoms with van der Waals surface area (Å²) < 4.78 is 8.73. The third kappa shape index (κ3) is 8.13. The van der Waals surface area contributed by atoms with Gasteiger partial charge in [0.1, 0.15) is 5.75 Å². The molecule has 8 nitrogen and oxygen atoms in total. The molecule has 226 valence electrons. The van der Waals surface area contributed by atoms with Crippen molar-refractivity contribution in [3.8, 4) is 5.75 Å². The fraction of sp³-hybridized carbons (Fsp3) is 0.636. The Hall–Kier alpha value is -2.84. The van der Waals surface area contributed by atoms with Gasteiger partial charge in [0.2, 0.25) is 5.91 Å². The number of fused-ring (bicyclic) bond motifs is 1. The molecule has 0 unspecified atom stereocenters. The first-order valence-electron chi connectivity index (χ1n) is 15.5. The Morgan fingerprint density at radius 3 is 2.59 bits per heavy atom. The molecular weight excluding hydrogens is 516 g/mol. The van der Waals surface area contributed by atoms with Gasteiger partial charge in [-0.2, -0.15) is 0 Å². The van der Waals surface area contributed by atoms with Crippen molar-refractivity contribution in [2.45, 2.75) is 63.8 Å². The largest absolute Gasteiger partial charge is 0.493 e. The van der Waals surface area contributed by atoms with E-state index in [1.807, 2.05) is 36.3 Å². The summed E-state index contributed by atoms with van der Waals surface area (Å²) >= 11 is 0. The molecule has 2 aliphatic rings. The standard InChI is InChI=1S/C33H50N4O4/c1-6-7-18-35(19-8-9-20-37(3,4)5)31(38)24-36-23-28(25-12-15-30-26(22-25)16-21-41-30)32(33(39)40)29(36)14-13-27-11-10-17-34(27)2/h10-12,15,17,22,28-29,32H,6-9,13-14,16,18-21,23-24H2,1-5H3/p+1/t28-,29+,32-/m1/s1. The average Bonchev–Trinajstić information content (AvgIpc) is 3.64.